The first kappa shape index (κ1) is 14.5. The van der Waals surface area contributed by atoms with Crippen molar-refractivity contribution >= 4 is 41.9 Å². The van der Waals surface area contributed by atoms with Gasteiger partial charge in [0.25, 0.3) is 5.91 Å². The first-order valence-electron chi connectivity index (χ1n) is 5.10. The molecule has 1 amide bonds. The first-order valence-corrected chi connectivity index (χ1v) is 7.08. The summed E-state index contributed by atoms with van der Waals surface area (Å²) in [4.78, 5) is 12.5. The number of carbonyl (C=O) groups excluding carboxylic acids is 1. The van der Waals surface area contributed by atoms with E-state index in [0.717, 1.165) is 16.4 Å². The Morgan fingerprint density at radius 1 is 1.59 bits per heavy atom. The molecule has 0 heterocycles. The van der Waals surface area contributed by atoms with E-state index in [1.807, 2.05) is 6.08 Å². The molecule has 0 spiro atoms. The van der Waals surface area contributed by atoms with Crippen molar-refractivity contribution in [2.45, 2.75) is 4.90 Å². The number of hydrogen-bond donors (Lipinski definition) is 2. The molecule has 1 rings (SSSR count). The predicted octanol–water partition coefficient (Wildman–Crippen LogP) is 3.28. The van der Waals surface area contributed by atoms with Crippen LogP contribution in [0.5, 0.6) is 0 Å². The number of hydrogen-bond acceptors (Lipinski definition) is 3. The monoisotopic (exact) mass is 287 g/mol. The van der Waals surface area contributed by atoms with E-state index >= 15 is 0 Å². The number of amides is 1. The summed E-state index contributed by atoms with van der Waals surface area (Å²) in [6.45, 7) is 4.24. The average molecular weight is 288 g/mol. The Morgan fingerprint density at radius 3 is 3.06 bits per heavy atom. The van der Waals surface area contributed by atoms with Crippen molar-refractivity contribution in [3.63, 3.8) is 0 Å². The molecule has 0 fully saturated rings. The summed E-state index contributed by atoms with van der Waals surface area (Å²) < 4.78 is 0. The minimum absolute atomic E-state index is 0.162. The number of nitrogens with one attached hydrogen (secondary N) is 1. The normalized spacial score (nSPS) is 10.0. The van der Waals surface area contributed by atoms with Gasteiger partial charge in [-0.3, -0.25) is 4.79 Å². The van der Waals surface area contributed by atoms with Crippen LogP contribution in [0.1, 0.15) is 10.4 Å². The van der Waals surface area contributed by atoms with Crippen LogP contribution in [0, 0.1) is 0 Å². The molecule has 1 aromatic rings. The molecule has 0 aliphatic rings. The highest BCUT2D eigenvalue weighted by atomic mass is 35.5. The number of thiol groups is 1. The second-order valence-electron chi connectivity index (χ2n) is 3.28. The van der Waals surface area contributed by atoms with Crippen LogP contribution in [-0.2, 0) is 0 Å². The van der Waals surface area contributed by atoms with E-state index in [-0.39, 0.29) is 5.91 Å². The third-order valence-electron chi connectivity index (χ3n) is 1.96. The SMILES string of the molecule is C=CCSCCNC(=O)c1cc(S)ccc1Cl. The highest BCUT2D eigenvalue weighted by Gasteiger charge is 2.09. The van der Waals surface area contributed by atoms with Crippen molar-refractivity contribution in [3.05, 3.63) is 41.4 Å². The Labute approximate surface area is 116 Å². The summed E-state index contributed by atoms with van der Waals surface area (Å²) in [6.07, 6.45) is 1.84. The van der Waals surface area contributed by atoms with Gasteiger partial charge in [-0.25, -0.2) is 0 Å². The molecule has 0 aromatic heterocycles. The van der Waals surface area contributed by atoms with Gasteiger partial charge in [-0.05, 0) is 18.2 Å². The van der Waals surface area contributed by atoms with Gasteiger partial charge in [-0.1, -0.05) is 17.7 Å². The molecule has 0 radical (unpaired) electrons. The summed E-state index contributed by atoms with van der Waals surface area (Å²) in [6, 6.07) is 5.09. The van der Waals surface area contributed by atoms with Gasteiger partial charge in [0.15, 0.2) is 0 Å². The van der Waals surface area contributed by atoms with Crippen LogP contribution in [-0.4, -0.2) is 24.0 Å². The summed E-state index contributed by atoms with van der Waals surface area (Å²) in [5, 5.41) is 3.26. The van der Waals surface area contributed by atoms with E-state index in [4.69, 9.17) is 11.6 Å². The van der Waals surface area contributed by atoms with E-state index in [1.54, 1.807) is 30.0 Å². The third-order valence-corrected chi connectivity index (χ3v) is 3.53. The quantitative estimate of drug-likeness (QED) is 0.478. The maximum atomic E-state index is 11.8. The molecule has 0 saturated carbocycles. The highest BCUT2D eigenvalue weighted by molar-refractivity contribution is 7.99. The van der Waals surface area contributed by atoms with Crippen molar-refractivity contribution in [2.75, 3.05) is 18.1 Å². The summed E-state index contributed by atoms with van der Waals surface area (Å²) in [5.41, 5.74) is 0.466. The van der Waals surface area contributed by atoms with Crippen molar-refractivity contribution in [1.82, 2.24) is 5.32 Å². The summed E-state index contributed by atoms with van der Waals surface area (Å²) in [7, 11) is 0. The van der Waals surface area contributed by atoms with Crippen LogP contribution in [0.15, 0.2) is 35.7 Å². The molecule has 92 valence electrons. The third kappa shape index (κ3) is 5.06. The molecule has 5 heteroatoms. The van der Waals surface area contributed by atoms with E-state index in [2.05, 4.69) is 24.5 Å². The molecule has 0 bridgehead atoms. The molecule has 1 aromatic carbocycles. The lowest BCUT2D eigenvalue weighted by molar-refractivity contribution is 0.0956. The Kier molecular flexibility index (Phi) is 6.55. The largest absolute Gasteiger partial charge is 0.351 e. The number of halogens is 1. The van der Waals surface area contributed by atoms with E-state index in [1.165, 1.54) is 0 Å². The Hall–Kier alpha value is -0.580. The van der Waals surface area contributed by atoms with E-state index < -0.39 is 0 Å². The van der Waals surface area contributed by atoms with Gasteiger partial charge < -0.3 is 5.32 Å². The topological polar surface area (TPSA) is 29.1 Å². The maximum Gasteiger partial charge on any atom is 0.252 e. The van der Waals surface area contributed by atoms with E-state index in [0.29, 0.717) is 17.1 Å². The maximum absolute atomic E-state index is 11.8. The van der Waals surface area contributed by atoms with Gasteiger partial charge in [0.2, 0.25) is 0 Å². The van der Waals surface area contributed by atoms with Crippen LogP contribution in [0.3, 0.4) is 0 Å². The second-order valence-corrected chi connectivity index (χ2v) is 5.36. The van der Waals surface area contributed by atoms with Gasteiger partial charge in [0.1, 0.15) is 0 Å². The molecule has 17 heavy (non-hydrogen) atoms. The minimum Gasteiger partial charge on any atom is -0.351 e. The second kappa shape index (κ2) is 7.69. The van der Waals surface area contributed by atoms with Crippen LogP contribution in [0.4, 0.5) is 0 Å². The molecule has 0 atom stereocenters. The fourth-order valence-corrected chi connectivity index (χ4v) is 2.17. The van der Waals surface area contributed by atoms with Crippen molar-refractivity contribution in [1.29, 1.82) is 0 Å². The number of benzene rings is 1. The highest BCUT2D eigenvalue weighted by Crippen LogP contribution is 2.19. The van der Waals surface area contributed by atoms with Gasteiger partial charge in [0, 0.05) is 22.9 Å². The van der Waals surface area contributed by atoms with Crippen molar-refractivity contribution < 1.29 is 4.79 Å². The molecule has 0 aliphatic carbocycles. The fraction of sp³-hybridized carbons (Fsp3) is 0.250. The Bertz CT molecular complexity index is 409. The first-order chi connectivity index (χ1) is 8.15. The summed E-state index contributed by atoms with van der Waals surface area (Å²) >= 11 is 11.8. The zero-order valence-electron chi connectivity index (χ0n) is 9.28. The zero-order chi connectivity index (χ0) is 12.7. The average Bonchev–Trinajstić information content (AvgIpc) is 2.32. The van der Waals surface area contributed by atoms with Crippen LogP contribution in [0.2, 0.25) is 5.02 Å². The summed E-state index contributed by atoms with van der Waals surface area (Å²) in [5.74, 6) is 1.59. The standard InChI is InChI=1S/C12H14ClNOS2/c1-2-6-17-7-5-14-12(15)10-8-9(16)3-4-11(10)13/h2-4,8,16H,1,5-7H2,(H,14,15). The lowest BCUT2D eigenvalue weighted by Gasteiger charge is -2.06. The lowest BCUT2D eigenvalue weighted by Crippen LogP contribution is -2.26. The lowest BCUT2D eigenvalue weighted by atomic mass is 10.2. The van der Waals surface area contributed by atoms with Crippen LogP contribution in [0.25, 0.3) is 0 Å². The predicted molar refractivity (Wildman–Crippen MR) is 78.6 cm³/mol. The zero-order valence-corrected chi connectivity index (χ0v) is 11.7. The molecular weight excluding hydrogens is 274 g/mol. The number of thioether (sulfide) groups is 1. The molecule has 0 unspecified atom stereocenters. The fourth-order valence-electron chi connectivity index (χ4n) is 1.19. The van der Waals surface area contributed by atoms with Gasteiger partial charge >= 0.3 is 0 Å². The van der Waals surface area contributed by atoms with Crippen molar-refractivity contribution in [2.24, 2.45) is 0 Å². The van der Waals surface area contributed by atoms with E-state index in [9.17, 15) is 4.79 Å². The molecule has 1 N–H and O–H groups in total. The number of carbonyl (C=O) groups is 1. The molecule has 2 nitrogen and oxygen atoms in total. The molecular formula is C12H14ClNOS2. The van der Waals surface area contributed by atoms with Gasteiger partial charge in [0.05, 0.1) is 10.6 Å². The molecule has 0 saturated heterocycles. The van der Waals surface area contributed by atoms with Crippen molar-refractivity contribution in [3.8, 4) is 0 Å². The van der Waals surface area contributed by atoms with Gasteiger partial charge in [-0.2, -0.15) is 11.8 Å². The Morgan fingerprint density at radius 2 is 2.35 bits per heavy atom. The minimum atomic E-state index is -0.162. The van der Waals surface area contributed by atoms with Crippen LogP contribution < -0.4 is 5.32 Å². The number of rotatable bonds is 6. The molecule has 0 aliphatic heterocycles. The van der Waals surface area contributed by atoms with Crippen LogP contribution >= 0.6 is 36.0 Å². The Balaban J connectivity index is 2.46. The van der Waals surface area contributed by atoms with Gasteiger partial charge in [-0.15, -0.1) is 19.2 Å². The smallest absolute Gasteiger partial charge is 0.252 e.